The van der Waals surface area contributed by atoms with E-state index in [1.54, 1.807) is 23.1 Å². The van der Waals surface area contributed by atoms with Gasteiger partial charge in [-0.1, -0.05) is 47.5 Å². The maximum absolute atomic E-state index is 13.2. The Morgan fingerprint density at radius 3 is 2.50 bits per heavy atom. The highest BCUT2D eigenvalue weighted by molar-refractivity contribution is 7.22. The summed E-state index contributed by atoms with van der Waals surface area (Å²) in [5.74, 6) is -0.173. The van der Waals surface area contributed by atoms with Crippen molar-refractivity contribution >= 4 is 68.2 Å². The highest BCUT2D eigenvalue weighted by Crippen LogP contribution is 2.32. The quantitative estimate of drug-likeness (QED) is 0.468. The second-order valence-electron chi connectivity index (χ2n) is 6.54. The SMILES string of the molecule is CCc1ccc2nc(N(CCN(C)C)C(=O)c3ccc(Cl)cc3Cl)sc2c1.Cl. The molecule has 3 rings (SSSR count). The number of halogens is 3. The molecule has 0 atom stereocenters. The maximum Gasteiger partial charge on any atom is 0.261 e. The number of anilines is 1. The lowest BCUT2D eigenvalue weighted by Crippen LogP contribution is -2.36. The normalized spacial score (nSPS) is 10.9. The average molecular weight is 459 g/mol. The number of rotatable bonds is 6. The number of likely N-dealkylation sites (N-methyl/N-ethyl adjacent to an activating group) is 1. The van der Waals surface area contributed by atoms with Gasteiger partial charge in [-0.25, -0.2) is 4.98 Å². The Kier molecular flexibility index (Phi) is 8.10. The minimum Gasteiger partial charge on any atom is -0.308 e. The molecule has 150 valence electrons. The Morgan fingerprint density at radius 1 is 1.11 bits per heavy atom. The molecule has 2 aromatic carbocycles. The van der Waals surface area contributed by atoms with Crippen molar-refractivity contribution in [2.75, 3.05) is 32.1 Å². The second-order valence-corrected chi connectivity index (χ2v) is 8.39. The summed E-state index contributed by atoms with van der Waals surface area (Å²) in [6.45, 7) is 3.36. The van der Waals surface area contributed by atoms with Gasteiger partial charge in [0.2, 0.25) is 0 Å². The predicted octanol–water partition coefficient (Wildman–Crippen LogP) is 5.80. The van der Waals surface area contributed by atoms with Gasteiger partial charge in [-0.3, -0.25) is 9.69 Å². The van der Waals surface area contributed by atoms with E-state index in [0.717, 1.165) is 16.6 Å². The molecule has 0 saturated carbocycles. The smallest absolute Gasteiger partial charge is 0.261 e. The van der Waals surface area contributed by atoms with Gasteiger partial charge in [0.25, 0.3) is 5.91 Å². The molecule has 0 aliphatic heterocycles. The van der Waals surface area contributed by atoms with E-state index in [-0.39, 0.29) is 18.3 Å². The Bertz CT molecular complexity index is 974. The number of hydrogen-bond donors (Lipinski definition) is 0. The zero-order chi connectivity index (χ0) is 19.6. The van der Waals surface area contributed by atoms with Gasteiger partial charge < -0.3 is 4.90 Å². The third-order valence-electron chi connectivity index (χ3n) is 4.26. The van der Waals surface area contributed by atoms with Crippen LogP contribution in [0.4, 0.5) is 5.13 Å². The first-order valence-electron chi connectivity index (χ1n) is 8.70. The van der Waals surface area contributed by atoms with Crippen LogP contribution in [-0.2, 0) is 6.42 Å². The van der Waals surface area contributed by atoms with Crippen LogP contribution in [0.3, 0.4) is 0 Å². The van der Waals surface area contributed by atoms with Crippen LogP contribution in [0.5, 0.6) is 0 Å². The van der Waals surface area contributed by atoms with Crippen molar-refractivity contribution in [3.63, 3.8) is 0 Å². The lowest BCUT2D eigenvalue weighted by Gasteiger charge is -2.22. The summed E-state index contributed by atoms with van der Waals surface area (Å²) < 4.78 is 1.08. The van der Waals surface area contributed by atoms with Crippen molar-refractivity contribution < 1.29 is 4.79 Å². The lowest BCUT2D eigenvalue weighted by molar-refractivity contribution is 0.0985. The monoisotopic (exact) mass is 457 g/mol. The van der Waals surface area contributed by atoms with Gasteiger partial charge in [0.15, 0.2) is 5.13 Å². The fourth-order valence-electron chi connectivity index (χ4n) is 2.68. The molecule has 1 aromatic heterocycles. The predicted molar refractivity (Wildman–Crippen MR) is 123 cm³/mol. The summed E-state index contributed by atoms with van der Waals surface area (Å²) in [6.07, 6.45) is 0.965. The highest BCUT2D eigenvalue weighted by Gasteiger charge is 2.23. The highest BCUT2D eigenvalue weighted by atomic mass is 35.5. The number of nitrogens with zero attached hydrogens (tertiary/aromatic N) is 3. The fourth-order valence-corrected chi connectivity index (χ4v) is 4.23. The summed E-state index contributed by atoms with van der Waals surface area (Å²) >= 11 is 13.8. The topological polar surface area (TPSA) is 36.4 Å². The van der Waals surface area contributed by atoms with Crippen LogP contribution in [0, 0.1) is 0 Å². The molecule has 3 aromatic rings. The molecule has 1 amide bonds. The largest absolute Gasteiger partial charge is 0.308 e. The van der Waals surface area contributed by atoms with Crippen molar-refractivity contribution in [3.05, 3.63) is 57.6 Å². The Morgan fingerprint density at radius 2 is 1.86 bits per heavy atom. The van der Waals surface area contributed by atoms with Gasteiger partial charge in [-0.15, -0.1) is 12.4 Å². The number of hydrogen-bond acceptors (Lipinski definition) is 4. The van der Waals surface area contributed by atoms with Crippen LogP contribution in [0.1, 0.15) is 22.8 Å². The Hall–Kier alpha value is -1.37. The van der Waals surface area contributed by atoms with E-state index in [1.165, 1.54) is 16.9 Å². The molecule has 0 bridgehead atoms. The maximum atomic E-state index is 13.2. The molecule has 4 nitrogen and oxygen atoms in total. The minimum atomic E-state index is -0.173. The van der Waals surface area contributed by atoms with Crippen molar-refractivity contribution in [2.45, 2.75) is 13.3 Å². The summed E-state index contributed by atoms with van der Waals surface area (Å²) in [5, 5.41) is 1.52. The number of aromatic nitrogens is 1. The van der Waals surface area contributed by atoms with E-state index >= 15 is 0 Å². The van der Waals surface area contributed by atoms with Crippen LogP contribution in [0.25, 0.3) is 10.2 Å². The summed E-state index contributed by atoms with van der Waals surface area (Å²) in [6, 6.07) is 11.2. The molecule has 0 N–H and O–H groups in total. The van der Waals surface area contributed by atoms with Gasteiger partial charge in [-0.05, 0) is 56.4 Å². The van der Waals surface area contributed by atoms with Crippen LogP contribution in [-0.4, -0.2) is 43.0 Å². The minimum absolute atomic E-state index is 0. The zero-order valence-electron chi connectivity index (χ0n) is 15.9. The van der Waals surface area contributed by atoms with Crippen LogP contribution >= 0.6 is 46.9 Å². The molecule has 1 heterocycles. The van der Waals surface area contributed by atoms with Gasteiger partial charge in [0.1, 0.15) is 0 Å². The van der Waals surface area contributed by atoms with E-state index in [2.05, 4.69) is 19.1 Å². The standard InChI is InChI=1S/C20H21Cl2N3OS.ClH/c1-4-13-5-8-17-18(11-13)27-20(23-17)25(10-9-24(2)3)19(26)15-7-6-14(21)12-16(15)22;/h5-8,11-12H,4,9-10H2,1-3H3;1H. The number of amides is 1. The first-order chi connectivity index (χ1) is 12.9. The number of benzene rings is 2. The van der Waals surface area contributed by atoms with Crippen LogP contribution in [0.2, 0.25) is 10.0 Å². The van der Waals surface area contributed by atoms with E-state index < -0.39 is 0 Å². The number of aryl methyl sites for hydroxylation is 1. The van der Waals surface area contributed by atoms with E-state index in [1.807, 2.05) is 25.1 Å². The molecular weight excluding hydrogens is 437 g/mol. The fraction of sp³-hybridized carbons (Fsp3) is 0.300. The van der Waals surface area contributed by atoms with Gasteiger partial charge in [0.05, 0.1) is 20.8 Å². The van der Waals surface area contributed by atoms with E-state index in [4.69, 9.17) is 28.2 Å². The van der Waals surface area contributed by atoms with Crippen LogP contribution < -0.4 is 4.90 Å². The zero-order valence-corrected chi connectivity index (χ0v) is 19.1. The number of carbonyl (C=O) groups is 1. The molecule has 0 unspecified atom stereocenters. The second kappa shape index (κ2) is 9.90. The summed E-state index contributed by atoms with van der Waals surface area (Å²) in [4.78, 5) is 21.7. The molecule has 0 aliphatic rings. The third-order valence-corrected chi connectivity index (χ3v) is 5.85. The molecular formula is C20H22Cl3N3OS. The van der Waals surface area contributed by atoms with Gasteiger partial charge in [-0.2, -0.15) is 0 Å². The first-order valence-corrected chi connectivity index (χ1v) is 10.3. The average Bonchev–Trinajstić information content (AvgIpc) is 3.04. The molecule has 8 heteroatoms. The number of thiazole rings is 1. The molecule has 0 aliphatic carbocycles. The van der Waals surface area contributed by atoms with Gasteiger partial charge >= 0.3 is 0 Å². The lowest BCUT2D eigenvalue weighted by atomic mass is 10.2. The molecule has 0 spiro atoms. The summed E-state index contributed by atoms with van der Waals surface area (Å²) in [5.41, 5.74) is 2.58. The summed E-state index contributed by atoms with van der Waals surface area (Å²) in [7, 11) is 3.95. The molecule has 28 heavy (non-hydrogen) atoms. The number of carbonyl (C=O) groups excluding carboxylic acids is 1. The van der Waals surface area contributed by atoms with Crippen molar-refractivity contribution in [3.8, 4) is 0 Å². The number of fused-ring (bicyclic) bond motifs is 1. The molecule has 0 radical (unpaired) electrons. The first kappa shape index (κ1) is 22.9. The van der Waals surface area contributed by atoms with Crippen LogP contribution in [0.15, 0.2) is 36.4 Å². The van der Waals surface area contributed by atoms with E-state index in [9.17, 15) is 4.79 Å². The van der Waals surface area contributed by atoms with E-state index in [0.29, 0.717) is 33.8 Å². The third kappa shape index (κ3) is 5.16. The Labute approximate surface area is 185 Å². The van der Waals surface area contributed by atoms with Gasteiger partial charge in [0, 0.05) is 18.1 Å². The molecule has 0 fully saturated rings. The van der Waals surface area contributed by atoms with Crippen molar-refractivity contribution in [1.29, 1.82) is 0 Å². The molecule has 0 saturated heterocycles. The Balaban J connectivity index is 0.00000280. The van der Waals surface area contributed by atoms with Crippen molar-refractivity contribution in [2.24, 2.45) is 0 Å². The van der Waals surface area contributed by atoms with Crippen molar-refractivity contribution in [1.82, 2.24) is 9.88 Å².